The van der Waals surface area contributed by atoms with Gasteiger partial charge in [0.15, 0.2) is 11.2 Å². The first-order chi connectivity index (χ1) is 12.6. The van der Waals surface area contributed by atoms with Crippen molar-refractivity contribution in [1.82, 2.24) is 0 Å². The van der Waals surface area contributed by atoms with Crippen LogP contribution < -0.4 is 59.1 Å². The van der Waals surface area contributed by atoms with Crippen LogP contribution in [0.5, 0.6) is 0 Å². The molecule has 0 aliphatic carbocycles. The fourth-order valence-electron chi connectivity index (χ4n) is 1.68. The maximum absolute atomic E-state index is 11.4. The molecule has 0 fully saturated rings. The van der Waals surface area contributed by atoms with E-state index in [1.165, 1.54) is 0 Å². The van der Waals surface area contributed by atoms with Gasteiger partial charge in [-0.3, -0.25) is 19.2 Å². The van der Waals surface area contributed by atoms with E-state index in [-0.39, 0.29) is 62.0 Å². The van der Waals surface area contributed by atoms with Crippen molar-refractivity contribution in [2.75, 3.05) is 0 Å². The van der Waals surface area contributed by atoms with Gasteiger partial charge in [0, 0.05) is 0 Å². The van der Waals surface area contributed by atoms with Gasteiger partial charge in [-0.1, -0.05) is 0 Å². The summed E-state index contributed by atoms with van der Waals surface area (Å²) in [6, 6.07) is 0. The Morgan fingerprint density at radius 2 is 0.867 bits per heavy atom. The summed E-state index contributed by atoms with van der Waals surface area (Å²) in [7, 11) is 0. The Morgan fingerprint density at radius 1 is 0.600 bits per heavy atom. The fourth-order valence-corrected chi connectivity index (χ4v) is 1.68. The van der Waals surface area contributed by atoms with Gasteiger partial charge in [0.1, 0.15) is 0 Å². The molecule has 0 saturated carbocycles. The molecular formula is C13H16Na2O15. The van der Waals surface area contributed by atoms with E-state index in [4.69, 9.17) is 20.4 Å². The molecule has 0 aliphatic rings. The number of hydrogen-bond donors (Lipinski definition) is 6. The van der Waals surface area contributed by atoms with Gasteiger partial charge in [-0.05, 0) is 0 Å². The fraction of sp³-hybridized carbons (Fsp3) is 0.462. The average molecular weight is 458 g/mol. The van der Waals surface area contributed by atoms with Crippen molar-refractivity contribution in [3.8, 4) is 0 Å². The number of esters is 2. The van der Waals surface area contributed by atoms with Crippen molar-refractivity contribution in [3.05, 3.63) is 0 Å². The molecule has 160 valence electrons. The van der Waals surface area contributed by atoms with Crippen molar-refractivity contribution in [2.24, 2.45) is 0 Å². The predicted molar refractivity (Wildman–Crippen MR) is 78.7 cm³/mol. The minimum absolute atomic E-state index is 0. The maximum atomic E-state index is 11.4. The molecule has 0 aromatic carbocycles. The number of carbonyl (C=O) groups excluding carboxylic acids is 3. The number of aliphatic hydroxyl groups is 2. The Kier molecular flexibility index (Phi) is 15.1. The van der Waals surface area contributed by atoms with Crippen LogP contribution in [0.4, 0.5) is 4.79 Å². The zero-order valence-corrected chi connectivity index (χ0v) is 19.7. The van der Waals surface area contributed by atoms with Crippen molar-refractivity contribution in [2.45, 2.75) is 36.9 Å². The molecule has 6 N–H and O–H groups in total. The van der Waals surface area contributed by atoms with Crippen LogP contribution in [0.1, 0.15) is 28.5 Å². The van der Waals surface area contributed by atoms with Crippen LogP contribution in [0, 0.1) is 0 Å². The maximum Gasteiger partial charge on any atom is 1.00 e. The third kappa shape index (κ3) is 11.6. The Hall–Kier alpha value is -1.59. The second-order valence-electron chi connectivity index (χ2n) is 5.37. The summed E-state index contributed by atoms with van der Waals surface area (Å²) in [6.07, 6.45) is -8.06. The molecule has 0 bridgehead atoms. The number of carboxylic acid groups (broad SMARTS) is 4. The van der Waals surface area contributed by atoms with E-state index in [2.05, 4.69) is 9.47 Å². The van der Waals surface area contributed by atoms with Crippen LogP contribution >= 0.6 is 0 Å². The molecule has 0 heterocycles. The standard InChI is InChI=1S/C13H14O15.2Na.2H/c14-5(15)1-12(25,9(20)21)3-7(18)27-11(24)28-8(19)4-13(26,10(22)23)2-6(16)17;;;;/h25-26H,1-4H2,(H,14,15)(H,16,17)(H,20,21)(H,22,23);;;;/q;2*+1;2*-1. The van der Waals surface area contributed by atoms with E-state index >= 15 is 0 Å². The molecule has 17 heteroatoms. The zero-order chi connectivity index (χ0) is 22.3. The quantitative estimate of drug-likeness (QED) is 0.101. The van der Waals surface area contributed by atoms with Crippen LogP contribution in [0.25, 0.3) is 0 Å². The van der Waals surface area contributed by atoms with Crippen LogP contribution in [-0.2, 0) is 38.2 Å². The average Bonchev–Trinajstić information content (AvgIpc) is 2.43. The molecule has 2 unspecified atom stereocenters. The Labute approximate surface area is 213 Å². The smallest absolute Gasteiger partial charge is 1.00 e. The molecule has 0 aromatic rings. The number of rotatable bonds is 10. The predicted octanol–water partition coefficient (Wildman–Crippen LogP) is -8.21. The van der Waals surface area contributed by atoms with E-state index < -0.39 is 78.9 Å². The van der Waals surface area contributed by atoms with Gasteiger partial charge in [-0.25, -0.2) is 14.4 Å². The molecule has 0 aromatic heterocycles. The Balaban J connectivity index is -0.000000607. The van der Waals surface area contributed by atoms with Crippen LogP contribution in [-0.4, -0.2) is 83.8 Å². The largest absolute Gasteiger partial charge is 1.00 e. The summed E-state index contributed by atoms with van der Waals surface area (Å²) < 4.78 is 7.64. The molecule has 2 atom stereocenters. The number of hydrogen-bond acceptors (Lipinski definition) is 11. The summed E-state index contributed by atoms with van der Waals surface area (Å²) in [5.41, 5.74) is -6.28. The number of aliphatic carboxylic acids is 4. The topological polar surface area (TPSA) is 259 Å². The van der Waals surface area contributed by atoms with Crippen molar-refractivity contribution in [1.29, 1.82) is 0 Å². The number of carboxylic acids is 4. The molecule has 15 nitrogen and oxygen atoms in total. The minimum atomic E-state index is -3.14. The summed E-state index contributed by atoms with van der Waals surface area (Å²) in [6.45, 7) is 0. The summed E-state index contributed by atoms with van der Waals surface area (Å²) in [5.74, 6) is -11.5. The van der Waals surface area contributed by atoms with E-state index in [1.54, 1.807) is 0 Å². The van der Waals surface area contributed by atoms with E-state index in [1.807, 2.05) is 0 Å². The molecule has 30 heavy (non-hydrogen) atoms. The molecule has 0 amide bonds. The van der Waals surface area contributed by atoms with E-state index in [0.717, 1.165) is 0 Å². The first kappa shape index (κ1) is 33.1. The van der Waals surface area contributed by atoms with Crippen molar-refractivity contribution >= 4 is 42.0 Å². The molecule has 0 rings (SSSR count). The first-order valence-electron chi connectivity index (χ1n) is 6.92. The summed E-state index contributed by atoms with van der Waals surface area (Å²) >= 11 is 0. The molecule has 0 saturated heterocycles. The first-order valence-corrected chi connectivity index (χ1v) is 6.92. The summed E-state index contributed by atoms with van der Waals surface area (Å²) in [5, 5.41) is 53.6. The van der Waals surface area contributed by atoms with Gasteiger partial charge in [0.2, 0.25) is 0 Å². The normalized spacial score (nSPS) is 13.7. The SMILES string of the molecule is O=C(O)CC(O)(CC(=O)OC(=O)OC(=O)CC(O)(CC(=O)O)C(=O)O)C(=O)O.[H-].[H-].[Na+].[Na+]. The van der Waals surface area contributed by atoms with Gasteiger partial charge in [-0.15, -0.1) is 0 Å². The monoisotopic (exact) mass is 458 g/mol. The van der Waals surface area contributed by atoms with Crippen molar-refractivity contribution in [3.63, 3.8) is 0 Å². The summed E-state index contributed by atoms with van der Waals surface area (Å²) in [4.78, 5) is 76.7. The number of ether oxygens (including phenoxy) is 2. The molecule has 0 spiro atoms. The van der Waals surface area contributed by atoms with Crippen LogP contribution in [0.2, 0.25) is 0 Å². The molecule has 0 aliphatic heterocycles. The molecule has 0 radical (unpaired) electrons. The van der Waals surface area contributed by atoms with Gasteiger partial charge >= 0.3 is 101 Å². The van der Waals surface area contributed by atoms with E-state index in [9.17, 15) is 43.8 Å². The second-order valence-corrected chi connectivity index (χ2v) is 5.37. The van der Waals surface area contributed by atoms with Gasteiger partial charge in [0.05, 0.1) is 25.7 Å². The van der Waals surface area contributed by atoms with E-state index in [0.29, 0.717) is 0 Å². The Bertz CT molecular complexity index is 672. The van der Waals surface area contributed by atoms with Crippen LogP contribution in [0.15, 0.2) is 0 Å². The van der Waals surface area contributed by atoms with Gasteiger partial charge < -0.3 is 43.0 Å². The third-order valence-electron chi connectivity index (χ3n) is 2.95. The zero-order valence-electron chi connectivity index (χ0n) is 17.7. The third-order valence-corrected chi connectivity index (χ3v) is 2.95. The second kappa shape index (κ2) is 13.7. The Morgan fingerprint density at radius 3 is 1.07 bits per heavy atom. The van der Waals surface area contributed by atoms with Crippen molar-refractivity contribution < 1.29 is 136 Å². The number of carbonyl (C=O) groups is 7. The molecular weight excluding hydrogens is 442 g/mol. The van der Waals surface area contributed by atoms with Crippen LogP contribution in [0.3, 0.4) is 0 Å². The minimum Gasteiger partial charge on any atom is -1.00 e. The van der Waals surface area contributed by atoms with Gasteiger partial charge in [0.25, 0.3) is 0 Å². The van der Waals surface area contributed by atoms with Gasteiger partial charge in [-0.2, -0.15) is 0 Å².